The van der Waals surface area contributed by atoms with E-state index in [0.29, 0.717) is 6.54 Å². The van der Waals surface area contributed by atoms with E-state index >= 15 is 0 Å². The Hall–Kier alpha value is -1.26. The Kier molecular flexibility index (Phi) is 3.98. The van der Waals surface area contributed by atoms with Gasteiger partial charge < -0.3 is 5.21 Å². The molecule has 1 saturated heterocycles. The SMILES string of the molecule is CCCCN1CC[N+]([O-])(c2nnc(C(F)(F)F)s2)C1=O. The third-order valence-corrected chi connectivity index (χ3v) is 4.08. The Morgan fingerprint density at radius 1 is 1.45 bits per heavy atom. The van der Waals surface area contributed by atoms with Crippen molar-refractivity contribution in [2.24, 2.45) is 0 Å². The predicted molar refractivity (Wildman–Crippen MR) is 66.8 cm³/mol. The molecule has 1 aliphatic rings. The van der Waals surface area contributed by atoms with Crippen molar-refractivity contribution in [3.63, 3.8) is 0 Å². The van der Waals surface area contributed by atoms with E-state index in [9.17, 15) is 23.2 Å². The van der Waals surface area contributed by atoms with Crippen LogP contribution in [-0.2, 0) is 6.18 Å². The lowest BCUT2D eigenvalue weighted by Crippen LogP contribution is -2.47. The predicted octanol–water partition coefficient (Wildman–Crippen LogP) is 2.60. The van der Waals surface area contributed by atoms with Gasteiger partial charge in [-0.05, 0) is 17.8 Å². The minimum Gasteiger partial charge on any atom is -0.616 e. The maximum atomic E-state index is 12.5. The smallest absolute Gasteiger partial charge is 0.445 e. The zero-order chi connectivity index (χ0) is 15.0. The second-order valence-corrected chi connectivity index (χ2v) is 5.43. The van der Waals surface area contributed by atoms with Crippen molar-refractivity contribution in [2.45, 2.75) is 25.9 Å². The number of quaternary nitrogens is 1. The molecule has 0 N–H and O–H groups in total. The number of hydrogen-bond acceptors (Lipinski definition) is 5. The molecule has 1 atom stereocenters. The molecule has 0 aromatic carbocycles. The van der Waals surface area contributed by atoms with Crippen LogP contribution in [0.2, 0.25) is 0 Å². The highest BCUT2D eigenvalue weighted by Gasteiger charge is 2.46. The van der Waals surface area contributed by atoms with Crippen molar-refractivity contribution < 1.29 is 18.0 Å². The van der Waals surface area contributed by atoms with E-state index in [0.717, 1.165) is 12.8 Å². The maximum absolute atomic E-state index is 12.5. The molecule has 112 valence electrons. The van der Waals surface area contributed by atoms with Crippen molar-refractivity contribution in [1.29, 1.82) is 0 Å². The number of alkyl halides is 3. The number of unbranched alkanes of at least 4 members (excludes halogenated alkanes) is 1. The van der Waals surface area contributed by atoms with Gasteiger partial charge in [-0.25, -0.2) is 9.44 Å². The largest absolute Gasteiger partial charge is 0.616 e. The first-order chi connectivity index (χ1) is 9.29. The summed E-state index contributed by atoms with van der Waals surface area (Å²) >= 11 is 0.131. The fraction of sp³-hybridized carbons (Fsp3) is 0.700. The number of hydrogen-bond donors (Lipinski definition) is 0. The van der Waals surface area contributed by atoms with Crippen LogP contribution >= 0.6 is 11.3 Å². The van der Waals surface area contributed by atoms with E-state index in [1.165, 1.54) is 4.90 Å². The summed E-state index contributed by atoms with van der Waals surface area (Å²) in [6.45, 7) is 2.47. The van der Waals surface area contributed by atoms with Crippen LogP contribution in [0.15, 0.2) is 0 Å². The van der Waals surface area contributed by atoms with Crippen molar-refractivity contribution in [2.75, 3.05) is 19.6 Å². The van der Waals surface area contributed by atoms with Crippen LogP contribution in [0.25, 0.3) is 0 Å². The second kappa shape index (κ2) is 5.26. The average Bonchev–Trinajstić information content (AvgIpc) is 2.96. The van der Waals surface area contributed by atoms with Crippen LogP contribution in [0, 0.1) is 5.21 Å². The van der Waals surface area contributed by atoms with E-state index < -0.39 is 27.0 Å². The van der Waals surface area contributed by atoms with Crippen molar-refractivity contribution >= 4 is 22.5 Å². The highest BCUT2D eigenvalue weighted by Crippen LogP contribution is 2.38. The Balaban J connectivity index is 2.19. The molecular formula is C10H13F3N4O2S. The number of urea groups is 1. The summed E-state index contributed by atoms with van der Waals surface area (Å²) < 4.78 is 35.9. The Bertz CT molecular complexity index is 507. The van der Waals surface area contributed by atoms with Crippen LogP contribution in [0.5, 0.6) is 0 Å². The topological polar surface area (TPSA) is 69.2 Å². The van der Waals surface area contributed by atoms with E-state index in [1.807, 2.05) is 6.92 Å². The molecule has 1 aromatic heterocycles. The number of hydroxylamine groups is 2. The average molecular weight is 310 g/mol. The number of aromatic nitrogens is 2. The summed E-state index contributed by atoms with van der Waals surface area (Å²) in [5, 5.41) is 17.0. The molecule has 6 nitrogen and oxygen atoms in total. The van der Waals surface area contributed by atoms with Gasteiger partial charge in [0, 0.05) is 6.54 Å². The van der Waals surface area contributed by atoms with Crippen LogP contribution in [0.4, 0.5) is 23.1 Å². The molecule has 1 unspecified atom stereocenters. The zero-order valence-electron chi connectivity index (χ0n) is 10.7. The first kappa shape index (κ1) is 15.1. The highest BCUT2D eigenvalue weighted by atomic mass is 32.1. The van der Waals surface area contributed by atoms with Gasteiger partial charge in [0.25, 0.3) is 0 Å². The third-order valence-electron chi connectivity index (χ3n) is 3.01. The van der Waals surface area contributed by atoms with Crippen molar-refractivity contribution in [3.8, 4) is 0 Å². The molecule has 2 amide bonds. The van der Waals surface area contributed by atoms with Gasteiger partial charge in [0.1, 0.15) is 6.54 Å². The minimum atomic E-state index is -4.65. The van der Waals surface area contributed by atoms with E-state index in [1.54, 1.807) is 0 Å². The first-order valence-corrected chi connectivity index (χ1v) is 6.90. The molecule has 1 aliphatic heterocycles. The lowest BCUT2D eigenvalue weighted by atomic mass is 10.3. The lowest BCUT2D eigenvalue weighted by Gasteiger charge is -2.30. The summed E-state index contributed by atoms with van der Waals surface area (Å²) in [5.41, 5.74) is 0. The fourth-order valence-electron chi connectivity index (χ4n) is 1.89. The van der Waals surface area contributed by atoms with Gasteiger partial charge in [0.15, 0.2) is 0 Å². The number of amides is 2. The quantitative estimate of drug-likeness (QED) is 0.633. The van der Waals surface area contributed by atoms with Gasteiger partial charge in [-0.15, -0.1) is 5.10 Å². The van der Waals surface area contributed by atoms with Crippen LogP contribution < -0.4 is 4.65 Å². The highest BCUT2D eigenvalue weighted by molar-refractivity contribution is 7.15. The molecule has 2 heterocycles. The Labute approximate surface area is 117 Å². The van der Waals surface area contributed by atoms with E-state index in [2.05, 4.69) is 10.2 Å². The maximum Gasteiger partial charge on any atom is 0.445 e. The molecule has 0 spiro atoms. The van der Waals surface area contributed by atoms with Gasteiger partial charge >= 0.3 is 17.3 Å². The zero-order valence-corrected chi connectivity index (χ0v) is 11.5. The second-order valence-electron chi connectivity index (χ2n) is 4.47. The van der Waals surface area contributed by atoms with E-state index in [4.69, 9.17) is 0 Å². The van der Waals surface area contributed by atoms with Crippen molar-refractivity contribution in [3.05, 3.63) is 10.2 Å². The minimum absolute atomic E-state index is 0.130. The van der Waals surface area contributed by atoms with Gasteiger partial charge in [-0.3, -0.25) is 4.90 Å². The molecule has 2 rings (SSSR count). The van der Waals surface area contributed by atoms with Gasteiger partial charge in [0.05, 0.1) is 6.54 Å². The number of carbonyl (C=O) groups is 1. The molecule has 20 heavy (non-hydrogen) atoms. The summed E-state index contributed by atoms with van der Waals surface area (Å²) in [5.74, 6) is 0. The number of rotatable bonds is 4. The molecule has 0 bridgehead atoms. The van der Waals surface area contributed by atoms with Crippen LogP contribution in [0.1, 0.15) is 24.8 Å². The molecule has 0 aliphatic carbocycles. The number of halogens is 3. The standard InChI is InChI=1S/C10H13F3N4O2S/c1-2-3-4-16-5-6-17(19,9(16)18)8-15-14-7(20-8)10(11,12)13/h2-6H2,1H3. The molecular weight excluding hydrogens is 297 g/mol. The number of carbonyl (C=O) groups excluding carboxylic acids is 1. The fourth-order valence-corrected chi connectivity index (χ4v) is 2.66. The van der Waals surface area contributed by atoms with Crippen LogP contribution in [-0.4, -0.2) is 40.8 Å². The Morgan fingerprint density at radius 3 is 2.70 bits per heavy atom. The lowest BCUT2D eigenvalue weighted by molar-refractivity contribution is -0.138. The number of nitrogens with zero attached hydrogens (tertiary/aromatic N) is 4. The van der Waals surface area contributed by atoms with Gasteiger partial charge in [-0.2, -0.15) is 13.2 Å². The normalized spacial score (nSPS) is 23.6. The molecule has 1 aromatic rings. The molecule has 1 fully saturated rings. The third kappa shape index (κ3) is 2.63. The van der Waals surface area contributed by atoms with Gasteiger partial charge in [-0.1, -0.05) is 18.4 Å². The summed E-state index contributed by atoms with van der Waals surface area (Å²) in [7, 11) is 0. The Morgan fingerprint density at radius 2 is 2.15 bits per heavy atom. The molecule has 10 heteroatoms. The first-order valence-electron chi connectivity index (χ1n) is 6.09. The summed E-state index contributed by atoms with van der Waals surface area (Å²) in [6.07, 6.45) is -3.05. The summed E-state index contributed by atoms with van der Waals surface area (Å²) in [4.78, 5) is 13.4. The van der Waals surface area contributed by atoms with E-state index in [-0.39, 0.29) is 24.4 Å². The molecule has 0 saturated carbocycles. The van der Waals surface area contributed by atoms with Crippen molar-refractivity contribution in [1.82, 2.24) is 19.7 Å². The van der Waals surface area contributed by atoms with Gasteiger partial charge in [0.2, 0.25) is 5.01 Å². The monoisotopic (exact) mass is 310 g/mol. The summed E-state index contributed by atoms with van der Waals surface area (Å²) in [6, 6.07) is -0.761. The molecule has 0 radical (unpaired) electrons. The van der Waals surface area contributed by atoms with Crippen LogP contribution in [0.3, 0.4) is 0 Å².